The molecule has 0 N–H and O–H groups in total. The highest BCUT2D eigenvalue weighted by molar-refractivity contribution is 7.98. The lowest BCUT2D eigenvalue weighted by Gasteiger charge is -2.14. The molecule has 0 aliphatic carbocycles. The average Bonchev–Trinajstić information content (AvgIpc) is 2.82. The van der Waals surface area contributed by atoms with Crippen LogP contribution in [0.4, 0.5) is 0 Å². The van der Waals surface area contributed by atoms with Gasteiger partial charge in [0.25, 0.3) is 0 Å². The number of nitrogens with zero attached hydrogens (tertiary/aromatic N) is 4. The van der Waals surface area contributed by atoms with Crippen molar-refractivity contribution in [1.82, 2.24) is 19.9 Å². The highest BCUT2D eigenvalue weighted by Gasteiger charge is 2.16. The molecule has 8 heteroatoms. The maximum Gasteiger partial charge on any atom is 0.220 e. The smallest absolute Gasteiger partial charge is 0.220 e. The van der Waals surface area contributed by atoms with E-state index in [1.807, 2.05) is 12.5 Å². The Balaban J connectivity index is 1.94. The molecule has 2 aromatic heterocycles. The van der Waals surface area contributed by atoms with E-state index in [9.17, 15) is 0 Å². The van der Waals surface area contributed by atoms with E-state index in [1.165, 1.54) is 34.7 Å². The molecule has 1 aromatic carbocycles. The van der Waals surface area contributed by atoms with Crippen LogP contribution in [0.25, 0.3) is 0 Å². The minimum Gasteiger partial charge on any atom is -0.481 e. The Morgan fingerprint density at radius 3 is 1.50 bits per heavy atom. The van der Waals surface area contributed by atoms with Gasteiger partial charge >= 0.3 is 0 Å². The molecule has 0 amide bonds. The SMILES string of the molecule is CCc1c(Cc2cccc(Cc3nc(SC)nc(OC)c3CC)c2)nc(SC)nc1OC. The van der Waals surface area contributed by atoms with Gasteiger partial charge in [0.05, 0.1) is 25.6 Å². The van der Waals surface area contributed by atoms with Crippen LogP contribution in [0, 0.1) is 0 Å². The molecule has 170 valence electrons. The maximum absolute atomic E-state index is 5.54. The molecule has 0 saturated heterocycles. The zero-order valence-electron chi connectivity index (χ0n) is 19.6. The minimum absolute atomic E-state index is 0.670. The van der Waals surface area contributed by atoms with E-state index in [-0.39, 0.29) is 0 Å². The highest BCUT2D eigenvalue weighted by atomic mass is 32.2. The van der Waals surface area contributed by atoms with Gasteiger partial charge in [-0.25, -0.2) is 9.97 Å². The first-order chi connectivity index (χ1) is 15.6. The Labute approximate surface area is 199 Å². The monoisotopic (exact) mass is 470 g/mol. The normalized spacial score (nSPS) is 10.9. The van der Waals surface area contributed by atoms with Gasteiger partial charge in [-0.2, -0.15) is 9.97 Å². The lowest BCUT2D eigenvalue weighted by molar-refractivity contribution is 0.385. The molecule has 0 radical (unpaired) electrons. The van der Waals surface area contributed by atoms with Crippen molar-refractivity contribution in [2.45, 2.75) is 49.8 Å². The predicted molar refractivity (Wildman–Crippen MR) is 132 cm³/mol. The van der Waals surface area contributed by atoms with Gasteiger partial charge in [-0.3, -0.25) is 0 Å². The van der Waals surface area contributed by atoms with Gasteiger partial charge in [0.15, 0.2) is 10.3 Å². The zero-order chi connectivity index (χ0) is 23.1. The maximum atomic E-state index is 5.54. The van der Waals surface area contributed by atoms with Crippen LogP contribution in [-0.4, -0.2) is 46.7 Å². The number of methoxy groups -OCH3 is 2. The lowest BCUT2D eigenvalue weighted by Crippen LogP contribution is -2.07. The highest BCUT2D eigenvalue weighted by Crippen LogP contribution is 2.27. The zero-order valence-corrected chi connectivity index (χ0v) is 21.2. The molecular formula is C24H30N4O2S2. The van der Waals surface area contributed by atoms with E-state index >= 15 is 0 Å². The number of rotatable bonds is 10. The van der Waals surface area contributed by atoms with E-state index in [1.54, 1.807) is 14.2 Å². The van der Waals surface area contributed by atoms with Gasteiger partial charge in [-0.1, -0.05) is 61.6 Å². The van der Waals surface area contributed by atoms with Gasteiger partial charge in [-0.05, 0) is 36.5 Å². The first kappa shape index (κ1) is 24.3. The summed E-state index contributed by atoms with van der Waals surface area (Å²) in [6.45, 7) is 4.22. The van der Waals surface area contributed by atoms with Crippen molar-refractivity contribution in [2.75, 3.05) is 26.7 Å². The van der Waals surface area contributed by atoms with E-state index in [2.05, 4.69) is 48.1 Å². The van der Waals surface area contributed by atoms with Crippen molar-refractivity contribution in [3.63, 3.8) is 0 Å². The van der Waals surface area contributed by atoms with E-state index in [0.717, 1.165) is 58.5 Å². The minimum atomic E-state index is 0.670. The third-order valence-electron chi connectivity index (χ3n) is 5.26. The molecule has 0 bridgehead atoms. The molecule has 2 heterocycles. The predicted octanol–water partition coefficient (Wildman–Crippen LogP) is 5.03. The summed E-state index contributed by atoms with van der Waals surface area (Å²) in [5.41, 5.74) is 6.57. The Hall–Kier alpha value is -2.32. The molecule has 3 aromatic rings. The molecule has 0 spiro atoms. The number of hydrogen-bond donors (Lipinski definition) is 0. The molecule has 3 rings (SSSR count). The van der Waals surface area contributed by atoms with Crippen molar-refractivity contribution >= 4 is 23.5 Å². The first-order valence-electron chi connectivity index (χ1n) is 10.6. The summed E-state index contributed by atoms with van der Waals surface area (Å²) >= 11 is 3.06. The van der Waals surface area contributed by atoms with Gasteiger partial charge in [0.1, 0.15) is 0 Å². The summed E-state index contributed by atoms with van der Waals surface area (Å²) in [7, 11) is 3.33. The molecule has 6 nitrogen and oxygen atoms in total. The fourth-order valence-corrected chi connectivity index (χ4v) is 4.48. The Bertz CT molecular complexity index is 995. The van der Waals surface area contributed by atoms with Crippen molar-refractivity contribution in [3.8, 4) is 11.8 Å². The van der Waals surface area contributed by atoms with E-state index in [4.69, 9.17) is 19.4 Å². The van der Waals surface area contributed by atoms with Crippen LogP contribution in [0.2, 0.25) is 0 Å². The number of hydrogen-bond acceptors (Lipinski definition) is 8. The van der Waals surface area contributed by atoms with Crippen LogP contribution in [0.5, 0.6) is 11.8 Å². The lowest BCUT2D eigenvalue weighted by atomic mass is 9.99. The van der Waals surface area contributed by atoms with Crippen molar-refractivity contribution in [3.05, 3.63) is 57.9 Å². The summed E-state index contributed by atoms with van der Waals surface area (Å²) in [5, 5.41) is 1.46. The Morgan fingerprint density at radius 1 is 0.719 bits per heavy atom. The second kappa shape index (κ2) is 11.5. The second-order valence-corrected chi connectivity index (χ2v) is 8.72. The quantitative estimate of drug-likeness (QED) is 0.302. The van der Waals surface area contributed by atoms with Crippen LogP contribution < -0.4 is 9.47 Å². The Kier molecular flexibility index (Phi) is 8.75. The molecular weight excluding hydrogens is 440 g/mol. The molecule has 0 atom stereocenters. The standard InChI is InChI=1S/C24H30N4O2S2/c1-7-17-19(25-23(31-5)27-21(17)29-3)13-15-10-9-11-16(12-15)14-20-18(8-2)22(30-4)28-24(26-20)32-6/h9-12H,7-8,13-14H2,1-6H3. The Morgan fingerprint density at radius 2 is 1.16 bits per heavy atom. The summed E-state index contributed by atoms with van der Waals surface area (Å²) in [5.74, 6) is 1.34. The molecule has 0 saturated carbocycles. The fraction of sp³-hybridized carbons (Fsp3) is 0.417. The summed E-state index contributed by atoms with van der Waals surface area (Å²) in [6.07, 6.45) is 7.07. The molecule has 0 unspecified atom stereocenters. The van der Waals surface area contributed by atoms with Crippen LogP contribution in [0.1, 0.15) is 47.5 Å². The van der Waals surface area contributed by atoms with Gasteiger partial charge in [-0.15, -0.1) is 0 Å². The van der Waals surface area contributed by atoms with E-state index in [0.29, 0.717) is 11.8 Å². The van der Waals surface area contributed by atoms with E-state index < -0.39 is 0 Å². The molecule has 0 fully saturated rings. The summed E-state index contributed by atoms with van der Waals surface area (Å²) < 4.78 is 11.1. The fourth-order valence-electron chi connectivity index (χ4n) is 3.73. The molecule has 0 aliphatic heterocycles. The van der Waals surface area contributed by atoms with Gasteiger partial charge in [0.2, 0.25) is 11.8 Å². The van der Waals surface area contributed by atoms with Crippen LogP contribution in [-0.2, 0) is 25.7 Å². The summed E-state index contributed by atoms with van der Waals surface area (Å²) in [6, 6.07) is 8.62. The second-order valence-electron chi connectivity index (χ2n) is 7.17. The van der Waals surface area contributed by atoms with Gasteiger partial charge in [0, 0.05) is 24.0 Å². The third-order valence-corrected chi connectivity index (χ3v) is 6.36. The van der Waals surface area contributed by atoms with Crippen molar-refractivity contribution in [2.24, 2.45) is 0 Å². The number of ether oxygens (including phenoxy) is 2. The average molecular weight is 471 g/mol. The molecule has 0 aliphatic rings. The van der Waals surface area contributed by atoms with Crippen molar-refractivity contribution in [1.29, 1.82) is 0 Å². The topological polar surface area (TPSA) is 70.0 Å². The number of aromatic nitrogens is 4. The molecule has 32 heavy (non-hydrogen) atoms. The summed E-state index contributed by atoms with van der Waals surface area (Å²) in [4.78, 5) is 18.6. The first-order valence-corrected chi connectivity index (χ1v) is 13.0. The number of thioether (sulfide) groups is 2. The van der Waals surface area contributed by atoms with Crippen LogP contribution >= 0.6 is 23.5 Å². The van der Waals surface area contributed by atoms with Crippen LogP contribution in [0.3, 0.4) is 0 Å². The largest absolute Gasteiger partial charge is 0.481 e. The van der Waals surface area contributed by atoms with Gasteiger partial charge < -0.3 is 9.47 Å². The third kappa shape index (κ3) is 5.53. The van der Waals surface area contributed by atoms with Crippen molar-refractivity contribution < 1.29 is 9.47 Å². The van der Waals surface area contributed by atoms with Crippen LogP contribution in [0.15, 0.2) is 34.6 Å². The number of benzene rings is 1.